The van der Waals surface area contributed by atoms with Gasteiger partial charge in [0.2, 0.25) is 11.7 Å². The Hall–Kier alpha value is -2.90. The number of rotatable bonds is 11. The minimum Gasteiger partial charge on any atom is -0.480 e. The highest BCUT2D eigenvalue weighted by atomic mass is 19.1. The molecule has 0 aliphatic heterocycles. The fourth-order valence-corrected chi connectivity index (χ4v) is 2.30. The lowest BCUT2D eigenvalue weighted by Crippen LogP contribution is -2.47. The van der Waals surface area contributed by atoms with Gasteiger partial charge in [-0.2, -0.15) is 4.79 Å². The van der Waals surface area contributed by atoms with Gasteiger partial charge in [-0.25, -0.2) is 9.18 Å². The van der Waals surface area contributed by atoms with Crippen molar-refractivity contribution in [3.63, 3.8) is 0 Å². The summed E-state index contributed by atoms with van der Waals surface area (Å²) < 4.78 is 18.6. The minimum atomic E-state index is -1.31. The third kappa shape index (κ3) is 8.35. The molecule has 27 heavy (non-hydrogen) atoms. The molecule has 0 aliphatic carbocycles. The molecule has 0 saturated heterocycles. The Morgan fingerprint density at radius 2 is 1.93 bits per heavy atom. The molecule has 1 amide bonds. The first-order chi connectivity index (χ1) is 12.7. The predicted octanol–water partition coefficient (Wildman–Crippen LogP) is 1.38. The molecule has 0 aromatic heterocycles. The molecule has 0 radical (unpaired) electrons. The molecule has 0 unspecified atom stereocenters. The Balaban J connectivity index is 2.82. The molecule has 2 atom stereocenters. The second-order valence-corrected chi connectivity index (χ2v) is 6.15. The quantitative estimate of drug-likeness (QED) is 0.341. The van der Waals surface area contributed by atoms with Gasteiger partial charge in [-0.15, -0.1) is 0 Å². The number of hydrogen-bond donors (Lipinski definition) is 2. The Morgan fingerprint density at radius 1 is 1.30 bits per heavy atom. The lowest BCUT2D eigenvalue weighted by molar-refractivity contribution is -0.145. The number of halogens is 1. The van der Waals surface area contributed by atoms with Gasteiger partial charge in [0.15, 0.2) is 0 Å². The Bertz CT molecular complexity index is 714. The molecule has 8 nitrogen and oxygen atoms in total. The Kier molecular flexibility index (Phi) is 8.98. The molecule has 1 aromatic rings. The SMILES string of the molecule is CC(C)O[C@@H](Cc1ccc(F)cc1)C(=O)N[C@@H](CCC(=O)C=[N+]=[N-])C(=O)O. The summed E-state index contributed by atoms with van der Waals surface area (Å²) in [4.78, 5) is 37.8. The van der Waals surface area contributed by atoms with Crippen LogP contribution in [-0.2, 0) is 25.5 Å². The Labute approximate surface area is 156 Å². The van der Waals surface area contributed by atoms with Crippen LogP contribution in [0, 0.1) is 5.82 Å². The summed E-state index contributed by atoms with van der Waals surface area (Å²) >= 11 is 0. The number of nitrogens with one attached hydrogen (secondary N) is 1. The fourth-order valence-electron chi connectivity index (χ4n) is 2.30. The summed E-state index contributed by atoms with van der Waals surface area (Å²) in [6.45, 7) is 3.46. The molecule has 9 heteroatoms. The van der Waals surface area contributed by atoms with E-state index in [-0.39, 0.29) is 25.4 Å². The molecule has 146 valence electrons. The van der Waals surface area contributed by atoms with Gasteiger partial charge in [-0.3, -0.25) is 9.59 Å². The Morgan fingerprint density at radius 3 is 2.44 bits per heavy atom. The van der Waals surface area contributed by atoms with E-state index >= 15 is 0 Å². The van der Waals surface area contributed by atoms with Crippen LogP contribution in [0.3, 0.4) is 0 Å². The van der Waals surface area contributed by atoms with Crippen molar-refractivity contribution >= 4 is 23.9 Å². The topological polar surface area (TPSA) is 129 Å². The standard InChI is InChI=1S/C18H22FN3O5/c1-11(2)27-16(9-12-3-5-13(19)6-4-12)17(24)22-15(18(25)26)8-7-14(23)10-21-20/h3-6,10-11,15-16H,7-9H2,1-2H3,(H,22,24)(H,25,26)/t15-,16-/m0/s1. The largest absolute Gasteiger partial charge is 0.480 e. The highest BCUT2D eigenvalue weighted by molar-refractivity contribution is 6.25. The number of aliphatic carboxylic acids is 1. The van der Waals surface area contributed by atoms with E-state index in [9.17, 15) is 23.9 Å². The third-order valence-corrected chi connectivity index (χ3v) is 3.56. The minimum absolute atomic E-state index is 0.132. The lowest BCUT2D eigenvalue weighted by atomic mass is 10.1. The number of carbonyl (C=O) groups excluding carboxylic acids is 2. The number of ether oxygens (including phenoxy) is 1. The van der Waals surface area contributed by atoms with Crippen LogP contribution in [-0.4, -0.2) is 52.0 Å². The number of carboxylic acid groups (broad SMARTS) is 1. The molecule has 0 bridgehead atoms. The number of benzene rings is 1. The van der Waals surface area contributed by atoms with E-state index in [1.807, 2.05) is 0 Å². The van der Waals surface area contributed by atoms with Crippen molar-refractivity contribution in [1.82, 2.24) is 5.32 Å². The van der Waals surface area contributed by atoms with E-state index in [4.69, 9.17) is 10.3 Å². The van der Waals surface area contributed by atoms with Crippen LogP contribution >= 0.6 is 0 Å². The third-order valence-electron chi connectivity index (χ3n) is 3.56. The zero-order valence-corrected chi connectivity index (χ0v) is 15.1. The summed E-state index contributed by atoms with van der Waals surface area (Å²) in [6, 6.07) is 4.24. The van der Waals surface area contributed by atoms with Gasteiger partial charge in [0.1, 0.15) is 18.0 Å². The predicted molar refractivity (Wildman–Crippen MR) is 93.6 cm³/mol. The monoisotopic (exact) mass is 379 g/mol. The van der Waals surface area contributed by atoms with Gasteiger partial charge in [0, 0.05) is 12.8 Å². The smallest absolute Gasteiger partial charge is 0.326 e. The molecule has 1 aromatic carbocycles. The molecule has 0 fully saturated rings. The van der Waals surface area contributed by atoms with Crippen LogP contribution in [0.25, 0.3) is 5.53 Å². The van der Waals surface area contributed by atoms with E-state index in [1.54, 1.807) is 13.8 Å². The number of carboxylic acids is 1. The van der Waals surface area contributed by atoms with Crippen LogP contribution in [0.15, 0.2) is 24.3 Å². The van der Waals surface area contributed by atoms with E-state index in [1.165, 1.54) is 24.3 Å². The summed E-state index contributed by atoms with van der Waals surface area (Å²) in [7, 11) is 0. The van der Waals surface area contributed by atoms with Crippen molar-refractivity contribution in [2.45, 2.75) is 51.4 Å². The van der Waals surface area contributed by atoms with Crippen molar-refractivity contribution in [2.24, 2.45) is 0 Å². The first-order valence-corrected chi connectivity index (χ1v) is 8.36. The highest BCUT2D eigenvalue weighted by Crippen LogP contribution is 2.11. The van der Waals surface area contributed by atoms with Gasteiger partial charge in [-0.05, 0) is 38.0 Å². The van der Waals surface area contributed by atoms with Gasteiger partial charge < -0.3 is 20.7 Å². The van der Waals surface area contributed by atoms with Gasteiger partial charge in [0.05, 0.1) is 6.10 Å². The van der Waals surface area contributed by atoms with E-state index in [2.05, 4.69) is 10.1 Å². The van der Waals surface area contributed by atoms with E-state index in [0.29, 0.717) is 11.8 Å². The van der Waals surface area contributed by atoms with E-state index < -0.39 is 35.6 Å². The summed E-state index contributed by atoms with van der Waals surface area (Å²) in [5.41, 5.74) is 8.94. The van der Waals surface area contributed by atoms with Crippen molar-refractivity contribution < 1.29 is 33.4 Å². The van der Waals surface area contributed by atoms with Crippen LogP contribution in [0.4, 0.5) is 4.39 Å². The van der Waals surface area contributed by atoms with Crippen LogP contribution < -0.4 is 5.32 Å². The highest BCUT2D eigenvalue weighted by Gasteiger charge is 2.27. The van der Waals surface area contributed by atoms with Crippen molar-refractivity contribution in [2.75, 3.05) is 0 Å². The van der Waals surface area contributed by atoms with Gasteiger partial charge in [0.25, 0.3) is 0 Å². The zero-order valence-electron chi connectivity index (χ0n) is 15.1. The molecule has 2 N–H and O–H groups in total. The number of amides is 1. The molecule has 1 rings (SSSR count). The van der Waals surface area contributed by atoms with Crippen LogP contribution in [0.2, 0.25) is 0 Å². The summed E-state index contributed by atoms with van der Waals surface area (Å²) in [6.07, 6.45) is -0.864. The van der Waals surface area contributed by atoms with E-state index in [0.717, 1.165) is 0 Å². The van der Waals surface area contributed by atoms with Crippen molar-refractivity contribution in [3.8, 4) is 0 Å². The molecular weight excluding hydrogens is 357 g/mol. The molecule has 0 heterocycles. The maximum atomic E-state index is 13.0. The molecule has 0 aliphatic rings. The van der Waals surface area contributed by atoms with Gasteiger partial charge >= 0.3 is 12.2 Å². The number of Topliss-reactive ketones (excluding diaryl/α,β-unsaturated/α-hetero) is 1. The maximum Gasteiger partial charge on any atom is 0.326 e. The first kappa shape index (κ1) is 22.1. The molecule has 0 spiro atoms. The van der Waals surface area contributed by atoms with Crippen LogP contribution in [0.1, 0.15) is 32.3 Å². The molecular formula is C18H22FN3O5. The fraction of sp³-hybridized carbons (Fsp3) is 0.444. The van der Waals surface area contributed by atoms with Crippen molar-refractivity contribution in [3.05, 3.63) is 41.2 Å². The first-order valence-electron chi connectivity index (χ1n) is 8.36. The lowest BCUT2D eigenvalue weighted by Gasteiger charge is -2.22. The average Bonchev–Trinajstić information content (AvgIpc) is 2.59. The number of ketones is 1. The normalized spacial score (nSPS) is 12.7. The zero-order chi connectivity index (χ0) is 20.4. The summed E-state index contributed by atoms with van der Waals surface area (Å²) in [5, 5.41) is 11.6. The second-order valence-electron chi connectivity index (χ2n) is 6.15. The number of nitrogens with zero attached hydrogens (tertiary/aromatic N) is 2. The van der Waals surface area contributed by atoms with Crippen LogP contribution in [0.5, 0.6) is 0 Å². The molecule has 0 saturated carbocycles. The average molecular weight is 379 g/mol. The summed E-state index contributed by atoms with van der Waals surface area (Å²) in [5.74, 6) is -2.93. The maximum absolute atomic E-state index is 13.0. The van der Waals surface area contributed by atoms with Gasteiger partial charge in [-0.1, -0.05) is 12.1 Å². The number of hydrogen-bond acceptors (Lipinski definition) is 4. The number of carbonyl (C=O) groups is 3. The second kappa shape index (κ2) is 10.9. The van der Waals surface area contributed by atoms with Crippen molar-refractivity contribution in [1.29, 1.82) is 0 Å².